The first-order valence-corrected chi connectivity index (χ1v) is 9.39. The predicted octanol–water partition coefficient (Wildman–Crippen LogP) is 2.05. The maximum absolute atomic E-state index is 12.4. The Hall–Kier alpha value is -2.97. The molecule has 1 aromatic carbocycles. The molecule has 1 atom stereocenters. The van der Waals surface area contributed by atoms with Crippen molar-refractivity contribution >= 4 is 23.5 Å². The number of nitro benzene ring substituents is 1. The fourth-order valence-electron chi connectivity index (χ4n) is 2.97. The molecule has 0 bridgehead atoms. The number of nitrogens with zero attached hydrogens (tertiary/aromatic N) is 2. The van der Waals surface area contributed by atoms with Gasteiger partial charge in [-0.2, -0.15) is 0 Å². The molecule has 0 aliphatic carbocycles. The highest BCUT2D eigenvalue weighted by Gasteiger charge is 2.24. The fourth-order valence-corrected chi connectivity index (χ4v) is 2.97. The van der Waals surface area contributed by atoms with Crippen LogP contribution in [0.25, 0.3) is 0 Å². The van der Waals surface area contributed by atoms with Gasteiger partial charge in [0.1, 0.15) is 0 Å². The van der Waals surface area contributed by atoms with E-state index in [0.29, 0.717) is 13.1 Å². The van der Waals surface area contributed by atoms with Gasteiger partial charge in [0.15, 0.2) is 6.10 Å². The van der Waals surface area contributed by atoms with Crippen LogP contribution in [0.3, 0.4) is 0 Å². The summed E-state index contributed by atoms with van der Waals surface area (Å²) in [7, 11) is 0. The summed E-state index contributed by atoms with van der Waals surface area (Å²) in [6, 6.07) is 5.15. The minimum atomic E-state index is -0.851. The number of carbonyl (C=O) groups excluding carboxylic acids is 3. The molecule has 0 spiro atoms. The van der Waals surface area contributed by atoms with E-state index in [2.05, 4.69) is 5.32 Å². The molecule has 0 unspecified atom stereocenters. The third-order valence-electron chi connectivity index (χ3n) is 4.53. The van der Waals surface area contributed by atoms with E-state index in [1.807, 2.05) is 0 Å². The van der Waals surface area contributed by atoms with Gasteiger partial charge in [0.2, 0.25) is 0 Å². The molecule has 1 N–H and O–H groups in total. The first-order valence-electron chi connectivity index (χ1n) is 9.39. The molecular formula is C19H25N3O6. The first kappa shape index (κ1) is 21.3. The highest BCUT2D eigenvalue weighted by molar-refractivity contribution is 5.94. The monoisotopic (exact) mass is 391 g/mol. The molecule has 0 saturated carbocycles. The van der Waals surface area contributed by atoms with E-state index in [-0.39, 0.29) is 30.1 Å². The third-order valence-corrected chi connectivity index (χ3v) is 4.53. The van der Waals surface area contributed by atoms with Crippen molar-refractivity contribution < 1.29 is 24.0 Å². The second-order valence-corrected chi connectivity index (χ2v) is 6.68. The van der Waals surface area contributed by atoms with Crippen molar-refractivity contribution in [1.82, 2.24) is 10.2 Å². The molecular weight excluding hydrogens is 366 g/mol. The molecule has 0 aromatic heterocycles. The van der Waals surface area contributed by atoms with Crippen molar-refractivity contribution in [3.8, 4) is 0 Å². The quantitative estimate of drug-likeness (QED) is 0.432. The molecule has 1 heterocycles. The van der Waals surface area contributed by atoms with Crippen LogP contribution in [0.15, 0.2) is 24.3 Å². The summed E-state index contributed by atoms with van der Waals surface area (Å²) in [4.78, 5) is 48.1. The first-order chi connectivity index (χ1) is 13.4. The van der Waals surface area contributed by atoms with Gasteiger partial charge in [-0.1, -0.05) is 12.8 Å². The van der Waals surface area contributed by atoms with Crippen LogP contribution in [0.1, 0.15) is 49.4 Å². The number of likely N-dealkylation sites (tertiary alicyclic amines) is 1. The van der Waals surface area contributed by atoms with Crippen LogP contribution in [-0.4, -0.2) is 53.3 Å². The van der Waals surface area contributed by atoms with Gasteiger partial charge in [-0.3, -0.25) is 24.5 Å². The van der Waals surface area contributed by atoms with E-state index in [1.54, 1.807) is 11.8 Å². The number of nitrogens with one attached hydrogen (secondary N) is 1. The lowest BCUT2D eigenvalue weighted by atomic mass is 10.2. The highest BCUT2D eigenvalue weighted by atomic mass is 16.6. The second-order valence-electron chi connectivity index (χ2n) is 6.68. The molecule has 1 saturated heterocycles. The number of non-ortho nitro benzene ring substituents is 1. The van der Waals surface area contributed by atoms with E-state index < -0.39 is 22.9 Å². The standard InChI is InChI=1S/C19H25N3O6/c1-14(19(25)21-12-4-2-3-5-13-21)28-17(23)10-11-20-18(24)15-6-8-16(9-7-15)22(26)27/h6-9,14H,2-5,10-13H2,1H3,(H,20,24)/t14-/m0/s1. The number of nitro groups is 1. The minimum absolute atomic E-state index is 0.0410. The summed E-state index contributed by atoms with van der Waals surface area (Å²) < 4.78 is 5.18. The van der Waals surface area contributed by atoms with Gasteiger partial charge in [-0.05, 0) is 31.9 Å². The van der Waals surface area contributed by atoms with Crippen LogP contribution in [0.5, 0.6) is 0 Å². The number of carbonyl (C=O) groups is 3. The lowest BCUT2D eigenvalue weighted by molar-refractivity contribution is -0.384. The van der Waals surface area contributed by atoms with Crippen molar-refractivity contribution in [2.45, 2.75) is 45.1 Å². The van der Waals surface area contributed by atoms with Gasteiger partial charge in [-0.15, -0.1) is 0 Å². The largest absolute Gasteiger partial charge is 0.452 e. The topological polar surface area (TPSA) is 119 Å². The number of amides is 2. The predicted molar refractivity (Wildman–Crippen MR) is 101 cm³/mol. The molecule has 2 amide bonds. The summed E-state index contributed by atoms with van der Waals surface area (Å²) in [5, 5.41) is 13.2. The number of ether oxygens (including phenoxy) is 1. The number of hydrogen-bond acceptors (Lipinski definition) is 6. The van der Waals surface area contributed by atoms with E-state index >= 15 is 0 Å². The summed E-state index contributed by atoms with van der Waals surface area (Å²) >= 11 is 0. The smallest absolute Gasteiger partial charge is 0.308 e. The molecule has 1 fully saturated rings. The highest BCUT2D eigenvalue weighted by Crippen LogP contribution is 2.13. The Labute approximate surface area is 163 Å². The van der Waals surface area contributed by atoms with Crippen LogP contribution in [-0.2, 0) is 14.3 Å². The zero-order chi connectivity index (χ0) is 20.5. The number of rotatable bonds is 7. The summed E-state index contributed by atoms with van der Waals surface area (Å²) in [5.74, 6) is -1.21. The Balaban J connectivity index is 1.73. The van der Waals surface area contributed by atoms with Gasteiger partial charge in [0.05, 0.1) is 11.3 Å². The van der Waals surface area contributed by atoms with Crippen LogP contribution in [0.2, 0.25) is 0 Å². The van der Waals surface area contributed by atoms with Gasteiger partial charge >= 0.3 is 5.97 Å². The number of esters is 1. The molecule has 1 aliphatic heterocycles. The van der Waals surface area contributed by atoms with Crippen LogP contribution in [0.4, 0.5) is 5.69 Å². The normalized spacial score (nSPS) is 15.2. The van der Waals surface area contributed by atoms with Crippen molar-refractivity contribution in [3.63, 3.8) is 0 Å². The van der Waals surface area contributed by atoms with E-state index in [4.69, 9.17) is 4.74 Å². The van der Waals surface area contributed by atoms with Crippen molar-refractivity contribution in [1.29, 1.82) is 0 Å². The molecule has 9 heteroatoms. The Kier molecular flexibility index (Phi) is 7.91. The summed E-state index contributed by atoms with van der Waals surface area (Å²) in [6.45, 7) is 2.97. The Morgan fingerprint density at radius 2 is 1.75 bits per heavy atom. The average molecular weight is 391 g/mol. The molecule has 28 heavy (non-hydrogen) atoms. The molecule has 152 valence electrons. The third kappa shape index (κ3) is 6.33. The molecule has 9 nitrogen and oxygen atoms in total. The lowest BCUT2D eigenvalue weighted by Crippen LogP contribution is -2.40. The SMILES string of the molecule is C[C@H](OC(=O)CCNC(=O)c1ccc([N+](=O)[O-])cc1)C(=O)N1CCCCCC1. The zero-order valence-electron chi connectivity index (χ0n) is 15.9. The van der Waals surface area contributed by atoms with Gasteiger partial charge in [0.25, 0.3) is 17.5 Å². The minimum Gasteiger partial charge on any atom is -0.452 e. The van der Waals surface area contributed by atoms with Crippen molar-refractivity contribution in [2.75, 3.05) is 19.6 Å². The molecule has 2 rings (SSSR count). The second kappa shape index (κ2) is 10.4. The van der Waals surface area contributed by atoms with E-state index in [0.717, 1.165) is 25.7 Å². The van der Waals surface area contributed by atoms with Gasteiger partial charge in [0, 0.05) is 37.3 Å². The maximum Gasteiger partial charge on any atom is 0.308 e. The number of hydrogen-bond donors (Lipinski definition) is 1. The Morgan fingerprint density at radius 1 is 1.14 bits per heavy atom. The van der Waals surface area contributed by atoms with Crippen LogP contribution >= 0.6 is 0 Å². The van der Waals surface area contributed by atoms with Crippen molar-refractivity contribution in [2.24, 2.45) is 0 Å². The van der Waals surface area contributed by atoms with E-state index in [9.17, 15) is 24.5 Å². The maximum atomic E-state index is 12.4. The van der Waals surface area contributed by atoms with Crippen LogP contribution < -0.4 is 5.32 Å². The molecule has 1 aliphatic rings. The molecule has 1 aromatic rings. The lowest BCUT2D eigenvalue weighted by Gasteiger charge is -2.24. The van der Waals surface area contributed by atoms with Crippen LogP contribution in [0, 0.1) is 10.1 Å². The zero-order valence-corrected chi connectivity index (χ0v) is 15.9. The van der Waals surface area contributed by atoms with E-state index in [1.165, 1.54) is 24.3 Å². The fraction of sp³-hybridized carbons (Fsp3) is 0.526. The Bertz CT molecular complexity index is 711. The Morgan fingerprint density at radius 3 is 2.32 bits per heavy atom. The van der Waals surface area contributed by atoms with Gasteiger partial charge < -0.3 is 15.0 Å². The van der Waals surface area contributed by atoms with Crippen molar-refractivity contribution in [3.05, 3.63) is 39.9 Å². The molecule has 0 radical (unpaired) electrons. The summed E-state index contributed by atoms with van der Waals surface area (Å²) in [5.41, 5.74) is 0.145. The average Bonchev–Trinajstić information content (AvgIpc) is 2.96. The number of benzene rings is 1. The van der Waals surface area contributed by atoms with Gasteiger partial charge in [-0.25, -0.2) is 0 Å². The summed E-state index contributed by atoms with van der Waals surface area (Å²) in [6.07, 6.45) is 3.20.